The van der Waals surface area contributed by atoms with E-state index in [0.29, 0.717) is 29.6 Å². The van der Waals surface area contributed by atoms with Crippen LogP contribution in [-0.2, 0) is 9.47 Å². The van der Waals surface area contributed by atoms with Crippen LogP contribution in [0.2, 0.25) is 0 Å². The van der Waals surface area contributed by atoms with Gasteiger partial charge in [0.15, 0.2) is 0 Å². The number of hydrogen-bond donors (Lipinski definition) is 1. The van der Waals surface area contributed by atoms with Gasteiger partial charge < -0.3 is 19.3 Å². The number of carbonyl (C=O) groups excluding carboxylic acids is 2. The van der Waals surface area contributed by atoms with Crippen molar-refractivity contribution in [2.24, 2.45) is 11.8 Å². The van der Waals surface area contributed by atoms with Crippen molar-refractivity contribution >= 4 is 34.7 Å². The molecule has 0 spiro atoms. The minimum absolute atomic E-state index is 0.246. The fraction of sp³-hybridized carbons (Fsp3) is 0.576. The molecular weight excluding hydrogens is 534 g/mol. The molecule has 0 radical (unpaired) electrons. The number of anilines is 1. The van der Waals surface area contributed by atoms with Gasteiger partial charge in [0.1, 0.15) is 17.1 Å². The molecule has 224 valence electrons. The predicted molar refractivity (Wildman–Crippen MR) is 169 cm³/mol. The second kappa shape index (κ2) is 13.5. The molecule has 1 amide bonds. The van der Waals surface area contributed by atoms with Gasteiger partial charge in [-0.2, -0.15) is 0 Å². The van der Waals surface area contributed by atoms with Crippen molar-refractivity contribution in [3.8, 4) is 10.4 Å². The Balaban J connectivity index is 1.67. The lowest BCUT2D eigenvalue weighted by molar-refractivity contribution is 0.0486. The van der Waals surface area contributed by atoms with E-state index >= 15 is 0 Å². The van der Waals surface area contributed by atoms with E-state index in [4.69, 9.17) is 9.47 Å². The van der Waals surface area contributed by atoms with Gasteiger partial charge in [-0.05, 0) is 108 Å². The van der Waals surface area contributed by atoms with Crippen LogP contribution in [0.25, 0.3) is 16.0 Å². The Hall–Kier alpha value is -2.68. The summed E-state index contributed by atoms with van der Waals surface area (Å²) in [4.78, 5) is 31.8. The van der Waals surface area contributed by atoms with Gasteiger partial charge in [-0.15, -0.1) is 11.3 Å². The number of ether oxygens (including phenoxy) is 2. The number of carbonyl (C=O) groups is 2. The molecule has 1 fully saturated rings. The van der Waals surface area contributed by atoms with E-state index < -0.39 is 11.7 Å². The second-order valence-electron chi connectivity index (χ2n) is 12.9. The third-order valence-corrected chi connectivity index (χ3v) is 9.07. The third-order valence-electron chi connectivity index (χ3n) is 7.91. The molecule has 1 aromatic carbocycles. The fourth-order valence-electron chi connectivity index (χ4n) is 5.66. The fourth-order valence-corrected chi connectivity index (χ4v) is 6.74. The van der Waals surface area contributed by atoms with Crippen LogP contribution in [-0.4, -0.2) is 74.8 Å². The molecular formula is C33H47N3O4S. The highest BCUT2D eigenvalue weighted by molar-refractivity contribution is 7.17. The van der Waals surface area contributed by atoms with Crippen LogP contribution in [0.5, 0.6) is 0 Å². The lowest BCUT2D eigenvalue weighted by atomic mass is 9.75. The summed E-state index contributed by atoms with van der Waals surface area (Å²) >= 11 is 1.50. The molecule has 1 aliphatic carbocycles. The van der Waals surface area contributed by atoms with Crippen LogP contribution in [0.15, 0.2) is 35.9 Å². The molecule has 41 heavy (non-hydrogen) atoms. The zero-order valence-electron chi connectivity index (χ0n) is 25.8. The number of amides is 1. The monoisotopic (exact) mass is 581 g/mol. The van der Waals surface area contributed by atoms with Gasteiger partial charge in [0.25, 0.3) is 0 Å². The minimum atomic E-state index is -0.563. The molecule has 0 bridgehead atoms. The molecule has 1 saturated carbocycles. The maximum absolute atomic E-state index is 13.5. The Labute approximate surface area is 249 Å². The van der Waals surface area contributed by atoms with Gasteiger partial charge >= 0.3 is 12.1 Å². The predicted octanol–water partition coefficient (Wildman–Crippen LogP) is 7.40. The Morgan fingerprint density at radius 3 is 2.41 bits per heavy atom. The summed E-state index contributed by atoms with van der Waals surface area (Å²) in [5.74, 6) is 1.12. The number of benzene rings is 1. The number of hydrogen-bond acceptors (Lipinski definition) is 7. The first-order valence-electron chi connectivity index (χ1n) is 14.9. The van der Waals surface area contributed by atoms with Crippen molar-refractivity contribution in [1.29, 1.82) is 0 Å². The standard InChI is InChI=1S/C33H47N3O4S/c1-22-8-10-23(11-9-22)28-21-36(7)17-16-26(28)27-20-29(41-30(27)31(37)39-19-18-35(5)6)24-12-14-25(15-13-24)34-32(38)40-33(2,3)4/h12-15,20,22-23H,8-11,16-19,21H2,1-7H3,(H,34,38). The van der Waals surface area contributed by atoms with Gasteiger partial charge in [-0.1, -0.05) is 31.9 Å². The lowest BCUT2D eigenvalue weighted by Crippen LogP contribution is -2.31. The molecule has 2 aliphatic rings. The van der Waals surface area contributed by atoms with Crippen LogP contribution < -0.4 is 5.32 Å². The van der Waals surface area contributed by atoms with Crippen molar-refractivity contribution in [1.82, 2.24) is 9.80 Å². The average molecular weight is 582 g/mol. The lowest BCUT2D eigenvalue weighted by Gasteiger charge is -2.35. The Kier molecular flexibility index (Phi) is 10.3. The first-order chi connectivity index (χ1) is 19.4. The molecule has 1 N–H and O–H groups in total. The number of nitrogens with one attached hydrogen (secondary N) is 1. The van der Waals surface area contributed by atoms with Crippen molar-refractivity contribution in [3.05, 3.63) is 46.3 Å². The second-order valence-corrected chi connectivity index (χ2v) is 14.0. The zero-order valence-corrected chi connectivity index (χ0v) is 26.7. The van der Waals surface area contributed by atoms with Gasteiger partial charge in [0.2, 0.25) is 0 Å². The molecule has 0 saturated heterocycles. The van der Waals surface area contributed by atoms with Gasteiger partial charge in [-0.25, -0.2) is 9.59 Å². The number of likely N-dealkylation sites (N-methyl/N-ethyl adjacent to an activating group) is 2. The zero-order chi connectivity index (χ0) is 29.7. The Morgan fingerprint density at radius 1 is 1.10 bits per heavy atom. The highest BCUT2D eigenvalue weighted by Gasteiger charge is 2.30. The van der Waals surface area contributed by atoms with Crippen LogP contribution in [0.4, 0.5) is 10.5 Å². The van der Waals surface area contributed by atoms with Crippen LogP contribution in [0.3, 0.4) is 0 Å². The van der Waals surface area contributed by atoms with E-state index in [2.05, 4.69) is 30.3 Å². The van der Waals surface area contributed by atoms with Crippen LogP contribution in [0.1, 0.15) is 75.0 Å². The third kappa shape index (κ3) is 8.66. The Bertz CT molecular complexity index is 1230. The van der Waals surface area contributed by atoms with E-state index in [1.54, 1.807) is 0 Å². The number of thiophene rings is 1. The minimum Gasteiger partial charge on any atom is -0.460 e. The first kappa shape index (κ1) is 31.3. The molecule has 0 atom stereocenters. The summed E-state index contributed by atoms with van der Waals surface area (Å²) in [6.07, 6.45) is 5.43. The number of esters is 1. The quantitative estimate of drug-likeness (QED) is 0.328. The van der Waals surface area contributed by atoms with Crippen molar-refractivity contribution in [2.75, 3.05) is 52.7 Å². The first-order valence-corrected chi connectivity index (χ1v) is 15.7. The molecule has 4 rings (SSSR count). The SMILES string of the molecule is CC1CCC(C2=C(c3cc(-c4ccc(NC(=O)OC(C)(C)C)cc4)sc3C(=O)OCCN(C)C)CCN(C)C2)CC1. The number of rotatable bonds is 8. The molecule has 0 unspecified atom stereocenters. The molecule has 1 aliphatic heterocycles. The van der Waals surface area contributed by atoms with Crippen molar-refractivity contribution < 1.29 is 19.1 Å². The summed E-state index contributed by atoms with van der Waals surface area (Å²) in [6, 6.07) is 9.90. The van der Waals surface area contributed by atoms with Crippen LogP contribution >= 0.6 is 11.3 Å². The molecule has 2 aromatic rings. The Morgan fingerprint density at radius 2 is 1.78 bits per heavy atom. The topological polar surface area (TPSA) is 71.1 Å². The maximum Gasteiger partial charge on any atom is 0.412 e. The molecule has 7 nitrogen and oxygen atoms in total. The molecule has 2 heterocycles. The molecule has 1 aromatic heterocycles. The summed E-state index contributed by atoms with van der Waals surface area (Å²) in [7, 11) is 6.15. The van der Waals surface area contributed by atoms with E-state index in [1.807, 2.05) is 64.0 Å². The average Bonchev–Trinajstić information content (AvgIpc) is 3.33. The van der Waals surface area contributed by atoms with Gasteiger partial charge in [0.05, 0.1) is 0 Å². The largest absolute Gasteiger partial charge is 0.460 e. The summed E-state index contributed by atoms with van der Waals surface area (Å²) in [5.41, 5.74) is 4.99. The van der Waals surface area contributed by atoms with Crippen molar-refractivity contribution in [3.63, 3.8) is 0 Å². The summed E-state index contributed by atoms with van der Waals surface area (Å²) in [6.45, 7) is 10.9. The number of nitrogens with zero attached hydrogens (tertiary/aromatic N) is 2. The highest BCUT2D eigenvalue weighted by atomic mass is 32.1. The summed E-state index contributed by atoms with van der Waals surface area (Å²) in [5, 5.41) is 2.80. The van der Waals surface area contributed by atoms with Crippen LogP contribution in [0, 0.1) is 11.8 Å². The van der Waals surface area contributed by atoms with E-state index in [9.17, 15) is 9.59 Å². The smallest absolute Gasteiger partial charge is 0.412 e. The molecule has 8 heteroatoms. The maximum atomic E-state index is 13.5. The normalized spacial score (nSPS) is 20.3. The van der Waals surface area contributed by atoms with Gasteiger partial charge in [-0.3, -0.25) is 5.32 Å². The van der Waals surface area contributed by atoms with E-state index in [0.717, 1.165) is 41.4 Å². The van der Waals surface area contributed by atoms with E-state index in [1.165, 1.54) is 48.2 Å². The van der Waals surface area contributed by atoms with Gasteiger partial charge in [0, 0.05) is 35.8 Å². The van der Waals surface area contributed by atoms with E-state index in [-0.39, 0.29) is 5.97 Å². The van der Waals surface area contributed by atoms with Crippen molar-refractivity contribution in [2.45, 2.75) is 65.4 Å². The summed E-state index contributed by atoms with van der Waals surface area (Å²) < 4.78 is 11.2. The highest BCUT2D eigenvalue weighted by Crippen LogP contribution is 2.43.